The van der Waals surface area contributed by atoms with Crippen molar-refractivity contribution in [3.8, 4) is 5.75 Å². The summed E-state index contributed by atoms with van der Waals surface area (Å²) < 4.78 is 6.92. The van der Waals surface area contributed by atoms with Gasteiger partial charge in [-0.1, -0.05) is 6.42 Å². The van der Waals surface area contributed by atoms with Crippen LogP contribution in [0, 0.1) is 10.8 Å². The molecule has 6 heteroatoms. The highest BCUT2D eigenvalue weighted by molar-refractivity contribution is 9.18. The largest absolute Gasteiger partial charge is 0.496 e. The predicted molar refractivity (Wildman–Crippen MR) is 94.7 cm³/mol. The molecule has 3 N–H and O–H groups in total. The molecule has 2 bridgehead atoms. The normalized spacial score (nSPS) is 25.5. The SMILES string of the molecule is C1CC2CC[C@H](C1)N2.COc1cc(=N)n(C(=N)Br)cc1C1CC1. The maximum absolute atomic E-state index is 7.72. The van der Waals surface area contributed by atoms with Gasteiger partial charge in [-0.3, -0.25) is 15.4 Å². The van der Waals surface area contributed by atoms with Crippen LogP contribution in [0.4, 0.5) is 0 Å². The molecular formula is C17H25BrN4O. The third kappa shape index (κ3) is 4.04. The van der Waals surface area contributed by atoms with E-state index in [1.165, 1.54) is 49.5 Å². The molecular weight excluding hydrogens is 356 g/mol. The Hall–Kier alpha value is -1.14. The molecule has 0 aromatic carbocycles. The van der Waals surface area contributed by atoms with Gasteiger partial charge >= 0.3 is 0 Å². The van der Waals surface area contributed by atoms with Crippen molar-refractivity contribution in [2.45, 2.75) is 62.9 Å². The van der Waals surface area contributed by atoms with Crippen LogP contribution in [0.2, 0.25) is 0 Å². The van der Waals surface area contributed by atoms with Crippen molar-refractivity contribution < 1.29 is 4.74 Å². The van der Waals surface area contributed by atoms with E-state index in [9.17, 15) is 0 Å². The van der Waals surface area contributed by atoms with Gasteiger partial charge in [0.1, 0.15) is 11.2 Å². The van der Waals surface area contributed by atoms with Gasteiger partial charge < -0.3 is 10.1 Å². The standard InChI is InChI=1S/C10H12BrN3O.C7H13N/c1-15-8-4-9(12)14(10(11)13)5-7(8)6-2-3-6;1-2-6-4-5-7(3-1)8-6/h4-6,12-13H,2-3H2,1H3;6-8H,1-5H2/t;6-,7?/m.0/s1. The molecule has 3 fully saturated rings. The molecule has 0 radical (unpaired) electrons. The summed E-state index contributed by atoms with van der Waals surface area (Å²) in [7, 11) is 1.62. The van der Waals surface area contributed by atoms with Crippen molar-refractivity contribution in [1.29, 1.82) is 10.8 Å². The van der Waals surface area contributed by atoms with E-state index in [-0.39, 0.29) is 10.2 Å². The Balaban J connectivity index is 0.000000162. The lowest BCUT2D eigenvalue weighted by atomic mass is 10.1. The monoisotopic (exact) mass is 380 g/mol. The Morgan fingerprint density at radius 2 is 1.87 bits per heavy atom. The lowest BCUT2D eigenvalue weighted by molar-refractivity contribution is 0.406. The Morgan fingerprint density at radius 3 is 2.35 bits per heavy atom. The number of hydrogen-bond donors (Lipinski definition) is 3. The van der Waals surface area contributed by atoms with Crippen LogP contribution in [0.5, 0.6) is 5.75 Å². The van der Waals surface area contributed by atoms with Crippen LogP contribution in [0.25, 0.3) is 0 Å². The quantitative estimate of drug-likeness (QED) is 0.543. The topological polar surface area (TPSA) is 73.9 Å². The van der Waals surface area contributed by atoms with E-state index in [2.05, 4.69) is 21.2 Å². The molecule has 3 aliphatic rings. The summed E-state index contributed by atoms with van der Waals surface area (Å²) in [6.45, 7) is 0. The molecule has 0 amide bonds. The summed E-state index contributed by atoms with van der Waals surface area (Å²) >= 11 is 3.07. The molecule has 2 saturated heterocycles. The summed E-state index contributed by atoms with van der Waals surface area (Å²) in [4.78, 5) is 0. The molecule has 126 valence electrons. The molecule has 1 aromatic rings. The maximum atomic E-state index is 7.72. The van der Waals surface area contributed by atoms with Crippen LogP contribution in [0.1, 0.15) is 56.4 Å². The number of nitrogens with one attached hydrogen (secondary N) is 3. The van der Waals surface area contributed by atoms with Gasteiger partial charge in [0.15, 0.2) is 4.74 Å². The fraction of sp³-hybridized carbons (Fsp3) is 0.647. The summed E-state index contributed by atoms with van der Waals surface area (Å²) in [5, 5.41) is 18.8. The van der Waals surface area contributed by atoms with Crippen molar-refractivity contribution in [2.75, 3.05) is 7.11 Å². The van der Waals surface area contributed by atoms with Crippen LogP contribution in [-0.2, 0) is 0 Å². The maximum Gasteiger partial charge on any atom is 0.175 e. The van der Waals surface area contributed by atoms with Gasteiger partial charge in [0.2, 0.25) is 0 Å². The number of piperidine rings is 1. The number of rotatable bonds is 2. The van der Waals surface area contributed by atoms with Crippen molar-refractivity contribution in [3.63, 3.8) is 0 Å². The molecule has 1 unspecified atom stereocenters. The number of nitrogens with zero attached hydrogens (tertiary/aromatic N) is 1. The number of methoxy groups -OCH3 is 1. The Kier molecular flexibility index (Phi) is 5.21. The zero-order valence-electron chi connectivity index (χ0n) is 13.6. The van der Waals surface area contributed by atoms with Crippen LogP contribution < -0.4 is 15.5 Å². The molecule has 0 spiro atoms. The molecule has 2 atom stereocenters. The number of pyridine rings is 1. The molecule has 2 aliphatic heterocycles. The van der Waals surface area contributed by atoms with Crippen LogP contribution in [0.15, 0.2) is 12.3 Å². The number of aromatic nitrogens is 1. The summed E-state index contributed by atoms with van der Waals surface area (Å²) in [5.74, 6) is 1.30. The smallest absolute Gasteiger partial charge is 0.175 e. The molecule has 1 aromatic heterocycles. The minimum atomic E-state index is 0.178. The van der Waals surface area contributed by atoms with Crippen LogP contribution >= 0.6 is 15.9 Å². The Bertz CT molecular complexity index is 624. The molecule has 1 aliphatic carbocycles. The van der Waals surface area contributed by atoms with E-state index in [0.29, 0.717) is 5.92 Å². The summed E-state index contributed by atoms with van der Waals surface area (Å²) in [6.07, 6.45) is 11.4. The number of ether oxygens (including phenoxy) is 1. The highest BCUT2D eigenvalue weighted by atomic mass is 79.9. The highest BCUT2D eigenvalue weighted by Crippen LogP contribution is 2.43. The van der Waals surface area contributed by atoms with Gasteiger partial charge in [-0.15, -0.1) is 0 Å². The first-order chi connectivity index (χ1) is 11.1. The minimum absolute atomic E-state index is 0.178. The second kappa shape index (κ2) is 7.18. The molecule has 23 heavy (non-hydrogen) atoms. The first-order valence-electron chi connectivity index (χ1n) is 8.44. The van der Waals surface area contributed by atoms with E-state index < -0.39 is 0 Å². The van der Waals surface area contributed by atoms with Gasteiger partial charge in [-0.25, -0.2) is 0 Å². The van der Waals surface area contributed by atoms with Crippen molar-refractivity contribution >= 4 is 20.7 Å². The van der Waals surface area contributed by atoms with E-state index in [1.807, 2.05) is 6.20 Å². The fourth-order valence-corrected chi connectivity index (χ4v) is 3.85. The van der Waals surface area contributed by atoms with Crippen LogP contribution in [-0.4, -0.2) is 28.5 Å². The van der Waals surface area contributed by atoms with Crippen molar-refractivity contribution in [3.05, 3.63) is 23.3 Å². The van der Waals surface area contributed by atoms with Gasteiger partial charge in [0.25, 0.3) is 0 Å². The average Bonchev–Trinajstić information content (AvgIpc) is 3.33. The number of halogens is 1. The average molecular weight is 381 g/mol. The second-order valence-corrected chi connectivity index (χ2v) is 7.44. The second-order valence-electron chi connectivity index (χ2n) is 6.69. The zero-order chi connectivity index (χ0) is 16.4. The molecule has 3 heterocycles. The van der Waals surface area contributed by atoms with Gasteiger partial charge in [0, 0.05) is 29.9 Å². The van der Waals surface area contributed by atoms with Gasteiger partial charge in [-0.05, 0) is 60.4 Å². The lowest BCUT2D eigenvalue weighted by Crippen LogP contribution is -2.33. The van der Waals surface area contributed by atoms with Crippen molar-refractivity contribution in [1.82, 2.24) is 9.88 Å². The summed E-state index contributed by atoms with van der Waals surface area (Å²) in [5.41, 5.74) is 1.34. The number of fused-ring (bicyclic) bond motifs is 2. The van der Waals surface area contributed by atoms with E-state index in [1.54, 1.807) is 13.2 Å². The lowest BCUT2D eigenvalue weighted by Gasteiger charge is -2.19. The minimum Gasteiger partial charge on any atom is -0.496 e. The Labute approximate surface area is 145 Å². The van der Waals surface area contributed by atoms with Gasteiger partial charge in [0.05, 0.1) is 7.11 Å². The Morgan fingerprint density at radius 1 is 1.22 bits per heavy atom. The van der Waals surface area contributed by atoms with Gasteiger partial charge in [-0.2, -0.15) is 0 Å². The molecule has 5 nitrogen and oxygen atoms in total. The first kappa shape index (κ1) is 16.7. The van der Waals surface area contributed by atoms with E-state index >= 15 is 0 Å². The zero-order valence-corrected chi connectivity index (χ0v) is 15.2. The van der Waals surface area contributed by atoms with E-state index in [4.69, 9.17) is 15.6 Å². The highest BCUT2D eigenvalue weighted by Gasteiger charge is 2.28. The van der Waals surface area contributed by atoms with Crippen molar-refractivity contribution in [2.24, 2.45) is 0 Å². The molecule has 4 rings (SSSR count). The number of hydrogen-bond acceptors (Lipinski definition) is 4. The third-order valence-corrected chi connectivity index (χ3v) is 5.35. The fourth-order valence-electron chi connectivity index (χ4n) is 3.56. The summed E-state index contributed by atoms with van der Waals surface area (Å²) in [6, 6.07) is 3.48. The predicted octanol–water partition coefficient (Wildman–Crippen LogP) is 3.32. The first-order valence-corrected chi connectivity index (χ1v) is 9.23. The third-order valence-electron chi connectivity index (χ3n) is 4.97. The van der Waals surface area contributed by atoms with Crippen LogP contribution in [0.3, 0.4) is 0 Å². The van der Waals surface area contributed by atoms with E-state index in [0.717, 1.165) is 23.4 Å². The molecule has 1 saturated carbocycles.